The summed E-state index contributed by atoms with van der Waals surface area (Å²) in [5.74, 6) is 0.850. The second-order valence-corrected chi connectivity index (χ2v) is 4.84. The highest BCUT2D eigenvalue weighted by atomic mass is 16.5. The Labute approximate surface area is 85.1 Å². The van der Waals surface area contributed by atoms with E-state index in [1.807, 2.05) is 0 Å². The quantitative estimate of drug-likeness (QED) is 0.730. The van der Waals surface area contributed by atoms with Crippen LogP contribution in [0.4, 0.5) is 0 Å². The third kappa shape index (κ3) is 1.69. The minimum atomic E-state index is 0.394. The van der Waals surface area contributed by atoms with Crippen molar-refractivity contribution in [3.8, 4) is 0 Å². The molecule has 3 heteroatoms. The summed E-state index contributed by atoms with van der Waals surface area (Å²) in [5, 5.41) is 3.21. The molecule has 0 aromatic heterocycles. The Kier molecular flexibility index (Phi) is 2.48. The summed E-state index contributed by atoms with van der Waals surface area (Å²) in [6.45, 7) is 2.87. The van der Waals surface area contributed by atoms with Crippen LogP contribution in [0.2, 0.25) is 0 Å². The van der Waals surface area contributed by atoms with Crippen molar-refractivity contribution in [3.63, 3.8) is 0 Å². The second-order valence-electron chi connectivity index (χ2n) is 4.84. The first-order valence-electron chi connectivity index (χ1n) is 5.89. The van der Waals surface area contributed by atoms with E-state index in [0.717, 1.165) is 25.6 Å². The molecular formula is C11H19NO2. The normalized spacial score (nSPS) is 42.4. The topological polar surface area (TPSA) is 30.5 Å². The highest BCUT2D eigenvalue weighted by Gasteiger charge is 2.38. The second kappa shape index (κ2) is 3.80. The van der Waals surface area contributed by atoms with E-state index in [1.54, 1.807) is 0 Å². The summed E-state index contributed by atoms with van der Waals surface area (Å²) in [6, 6.07) is 0. The predicted molar refractivity (Wildman–Crippen MR) is 53.2 cm³/mol. The van der Waals surface area contributed by atoms with E-state index in [1.165, 1.54) is 25.7 Å². The molecule has 1 aliphatic carbocycles. The van der Waals surface area contributed by atoms with Crippen molar-refractivity contribution in [1.82, 2.24) is 5.32 Å². The van der Waals surface area contributed by atoms with Crippen molar-refractivity contribution in [3.05, 3.63) is 0 Å². The molecule has 3 unspecified atom stereocenters. The van der Waals surface area contributed by atoms with Gasteiger partial charge >= 0.3 is 0 Å². The Morgan fingerprint density at radius 2 is 2.21 bits per heavy atom. The summed E-state index contributed by atoms with van der Waals surface area (Å²) in [4.78, 5) is 0. The molecule has 0 aromatic rings. The average molecular weight is 197 g/mol. The SMILES string of the molecule is C1CC2CC(COC3CNC3)OC2C1. The number of nitrogens with one attached hydrogen (secondary N) is 1. The number of hydrogen-bond donors (Lipinski definition) is 1. The largest absolute Gasteiger partial charge is 0.373 e. The molecule has 3 nitrogen and oxygen atoms in total. The van der Waals surface area contributed by atoms with Gasteiger partial charge in [-0.3, -0.25) is 0 Å². The molecule has 0 spiro atoms. The van der Waals surface area contributed by atoms with Crippen LogP contribution in [0.25, 0.3) is 0 Å². The van der Waals surface area contributed by atoms with Crippen molar-refractivity contribution in [2.45, 2.75) is 44.0 Å². The summed E-state index contributed by atoms with van der Waals surface area (Å²) >= 11 is 0. The number of ether oxygens (including phenoxy) is 2. The zero-order valence-electron chi connectivity index (χ0n) is 8.58. The lowest BCUT2D eigenvalue weighted by atomic mass is 10.0. The Morgan fingerprint density at radius 1 is 1.29 bits per heavy atom. The van der Waals surface area contributed by atoms with Gasteiger partial charge in [0.05, 0.1) is 24.9 Å². The van der Waals surface area contributed by atoms with Gasteiger partial charge in [0.15, 0.2) is 0 Å². The summed E-state index contributed by atoms with van der Waals surface area (Å²) in [6.07, 6.45) is 6.70. The van der Waals surface area contributed by atoms with Gasteiger partial charge in [0, 0.05) is 13.1 Å². The maximum Gasteiger partial charge on any atom is 0.0824 e. The Bertz CT molecular complexity index is 193. The molecule has 2 saturated heterocycles. The molecule has 1 N–H and O–H groups in total. The molecule has 80 valence electrons. The lowest BCUT2D eigenvalue weighted by Gasteiger charge is -2.28. The molecule has 0 radical (unpaired) electrons. The number of hydrogen-bond acceptors (Lipinski definition) is 3. The lowest BCUT2D eigenvalue weighted by Crippen LogP contribution is -2.49. The van der Waals surface area contributed by atoms with Crippen LogP contribution in [0.1, 0.15) is 25.7 Å². The van der Waals surface area contributed by atoms with Crippen LogP contribution >= 0.6 is 0 Å². The van der Waals surface area contributed by atoms with E-state index < -0.39 is 0 Å². The zero-order chi connectivity index (χ0) is 9.38. The van der Waals surface area contributed by atoms with Crippen LogP contribution in [0.3, 0.4) is 0 Å². The third-order valence-corrected chi connectivity index (χ3v) is 3.78. The van der Waals surface area contributed by atoms with Crippen LogP contribution < -0.4 is 5.32 Å². The van der Waals surface area contributed by atoms with E-state index in [9.17, 15) is 0 Å². The first kappa shape index (κ1) is 9.13. The van der Waals surface area contributed by atoms with E-state index >= 15 is 0 Å². The molecule has 0 bridgehead atoms. The molecule has 3 fully saturated rings. The Balaban J connectivity index is 1.42. The van der Waals surface area contributed by atoms with E-state index in [4.69, 9.17) is 9.47 Å². The maximum absolute atomic E-state index is 5.96. The fourth-order valence-corrected chi connectivity index (χ4v) is 2.82. The average Bonchev–Trinajstić information content (AvgIpc) is 2.59. The zero-order valence-corrected chi connectivity index (χ0v) is 8.58. The van der Waals surface area contributed by atoms with Gasteiger partial charge in [-0.05, 0) is 25.2 Å². The minimum absolute atomic E-state index is 0.394. The molecule has 14 heavy (non-hydrogen) atoms. The fourth-order valence-electron chi connectivity index (χ4n) is 2.82. The Hall–Kier alpha value is -0.120. The fraction of sp³-hybridized carbons (Fsp3) is 1.00. The first-order valence-corrected chi connectivity index (χ1v) is 5.89. The highest BCUT2D eigenvalue weighted by molar-refractivity contribution is 4.87. The molecule has 1 saturated carbocycles. The summed E-state index contributed by atoms with van der Waals surface area (Å²) < 4.78 is 11.7. The van der Waals surface area contributed by atoms with Crippen LogP contribution in [-0.2, 0) is 9.47 Å². The van der Waals surface area contributed by atoms with Crippen LogP contribution in [-0.4, -0.2) is 38.0 Å². The third-order valence-electron chi connectivity index (χ3n) is 3.78. The van der Waals surface area contributed by atoms with Gasteiger partial charge in [-0.25, -0.2) is 0 Å². The molecule has 3 aliphatic rings. The monoisotopic (exact) mass is 197 g/mol. The molecule has 3 atom stereocenters. The first-order chi connectivity index (χ1) is 6.92. The van der Waals surface area contributed by atoms with E-state index in [0.29, 0.717) is 18.3 Å². The van der Waals surface area contributed by atoms with Gasteiger partial charge < -0.3 is 14.8 Å². The summed E-state index contributed by atoms with van der Waals surface area (Å²) in [7, 11) is 0. The summed E-state index contributed by atoms with van der Waals surface area (Å²) in [5.41, 5.74) is 0. The molecule has 0 amide bonds. The molecule has 2 aliphatic heterocycles. The van der Waals surface area contributed by atoms with Gasteiger partial charge in [0.1, 0.15) is 0 Å². The highest BCUT2D eigenvalue weighted by Crippen LogP contribution is 2.38. The lowest BCUT2D eigenvalue weighted by molar-refractivity contribution is -0.0552. The van der Waals surface area contributed by atoms with Gasteiger partial charge in [-0.1, -0.05) is 6.42 Å². The molecular weight excluding hydrogens is 178 g/mol. The van der Waals surface area contributed by atoms with Gasteiger partial charge in [-0.15, -0.1) is 0 Å². The predicted octanol–water partition coefficient (Wildman–Crippen LogP) is 0.932. The standard InChI is InChI=1S/C11H19NO2/c1-2-8-4-9(14-11(8)3-1)7-13-10-5-12-6-10/h8-12H,1-7H2. The van der Waals surface area contributed by atoms with Crippen LogP contribution in [0.15, 0.2) is 0 Å². The number of rotatable bonds is 3. The van der Waals surface area contributed by atoms with Crippen LogP contribution in [0, 0.1) is 5.92 Å². The smallest absolute Gasteiger partial charge is 0.0824 e. The van der Waals surface area contributed by atoms with E-state index in [-0.39, 0.29) is 0 Å². The van der Waals surface area contributed by atoms with Crippen molar-refractivity contribution in [1.29, 1.82) is 0 Å². The van der Waals surface area contributed by atoms with Crippen molar-refractivity contribution < 1.29 is 9.47 Å². The molecule has 3 rings (SSSR count). The van der Waals surface area contributed by atoms with Gasteiger partial charge in [-0.2, -0.15) is 0 Å². The maximum atomic E-state index is 5.96. The number of fused-ring (bicyclic) bond motifs is 1. The van der Waals surface area contributed by atoms with Crippen molar-refractivity contribution >= 4 is 0 Å². The Morgan fingerprint density at radius 3 is 2.93 bits per heavy atom. The van der Waals surface area contributed by atoms with E-state index in [2.05, 4.69) is 5.32 Å². The van der Waals surface area contributed by atoms with Crippen molar-refractivity contribution in [2.75, 3.05) is 19.7 Å². The van der Waals surface area contributed by atoms with Crippen molar-refractivity contribution in [2.24, 2.45) is 5.92 Å². The van der Waals surface area contributed by atoms with Gasteiger partial charge in [0.25, 0.3) is 0 Å². The molecule has 2 heterocycles. The minimum Gasteiger partial charge on any atom is -0.373 e. The van der Waals surface area contributed by atoms with Crippen LogP contribution in [0.5, 0.6) is 0 Å². The van der Waals surface area contributed by atoms with Gasteiger partial charge in [0.2, 0.25) is 0 Å². The molecule has 0 aromatic carbocycles.